The fraction of sp³-hybridized carbons (Fsp3) is 1.00. The molecule has 0 aromatic heterocycles. The van der Waals surface area contributed by atoms with Crippen molar-refractivity contribution in [3.8, 4) is 0 Å². The molecule has 16 heavy (non-hydrogen) atoms. The highest BCUT2D eigenvalue weighted by Crippen LogP contribution is 2.26. The molecule has 0 bridgehead atoms. The number of nitrogens with two attached hydrogens (primary N) is 1. The molecular formula is C7H20NO7P. The molecule has 0 aromatic rings. The van der Waals surface area contributed by atoms with Gasteiger partial charge in [-0.05, 0) is 6.92 Å². The molecule has 0 fully saturated rings. The van der Waals surface area contributed by atoms with Crippen LogP contribution >= 0.6 is 8.60 Å². The Morgan fingerprint density at radius 3 is 1.62 bits per heavy atom. The van der Waals surface area contributed by atoms with Crippen LogP contribution in [0.3, 0.4) is 0 Å². The van der Waals surface area contributed by atoms with E-state index in [9.17, 15) is 0 Å². The minimum atomic E-state index is -2.27. The first-order valence-electron chi connectivity index (χ1n) is 4.34. The summed E-state index contributed by atoms with van der Waals surface area (Å²) in [5, 5.41) is 25.0. The van der Waals surface area contributed by atoms with Gasteiger partial charge in [-0.25, -0.2) is 0 Å². The van der Waals surface area contributed by atoms with Crippen LogP contribution in [-0.2, 0) is 9.26 Å². The molecule has 9 heteroatoms. The van der Waals surface area contributed by atoms with Crippen molar-refractivity contribution in [1.82, 2.24) is 0 Å². The number of aliphatic hydroxyl groups is 3. The maximum Gasteiger partial charge on any atom is 0.329 e. The predicted octanol–water partition coefficient (Wildman–Crippen LogP) is -2.13. The van der Waals surface area contributed by atoms with Crippen molar-refractivity contribution >= 4 is 8.60 Å². The zero-order valence-corrected chi connectivity index (χ0v) is 10.2. The van der Waals surface area contributed by atoms with E-state index >= 15 is 0 Å². The van der Waals surface area contributed by atoms with Crippen LogP contribution in [0.15, 0.2) is 0 Å². The fourth-order valence-corrected chi connectivity index (χ4v) is 0.677. The van der Waals surface area contributed by atoms with Crippen LogP contribution in [0.1, 0.15) is 6.92 Å². The molecule has 0 aromatic carbocycles. The summed E-state index contributed by atoms with van der Waals surface area (Å²) in [5.41, 5.74) is 3.94. The summed E-state index contributed by atoms with van der Waals surface area (Å²) in [6.45, 7) is 0.363. The molecule has 0 amide bonds. The lowest BCUT2D eigenvalue weighted by molar-refractivity contribution is -0.0444. The van der Waals surface area contributed by atoms with Gasteiger partial charge in [0.2, 0.25) is 0 Å². The van der Waals surface area contributed by atoms with E-state index < -0.39 is 40.3 Å². The Hall–Kier alpha value is 0.110. The van der Waals surface area contributed by atoms with Crippen LogP contribution in [0.4, 0.5) is 0 Å². The second-order valence-electron chi connectivity index (χ2n) is 3.00. The van der Waals surface area contributed by atoms with E-state index in [0.29, 0.717) is 0 Å². The maximum atomic E-state index is 8.34. The van der Waals surface area contributed by atoms with Gasteiger partial charge in [-0.2, -0.15) is 0 Å². The fourth-order valence-electron chi connectivity index (χ4n) is 0.326. The first kappa shape index (κ1) is 18.5. The highest BCUT2D eigenvalue weighted by atomic mass is 31.2. The second kappa shape index (κ2) is 10.3. The Bertz CT molecular complexity index is 147. The molecule has 7 N–H and O–H groups in total. The minimum Gasteiger partial charge on any atom is -0.394 e. The number of hydrogen-bond donors (Lipinski definition) is 6. The standard InChI is InChI=1S/C4H11NO3.C3H9O4P/c5-4(1-6,2-7)3-8;1-3(6-2)7-8(4)5/h6-8H,1-3,5H2;3-5H,1-2H3. The molecule has 0 saturated carbocycles. The molecule has 0 spiro atoms. The molecule has 0 aliphatic heterocycles. The third-order valence-corrected chi connectivity index (χ3v) is 2.00. The third kappa shape index (κ3) is 10.6. The van der Waals surface area contributed by atoms with Gasteiger partial charge in [0.15, 0.2) is 6.29 Å². The summed E-state index contributed by atoms with van der Waals surface area (Å²) < 4.78 is 8.89. The van der Waals surface area contributed by atoms with Crippen LogP contribution in [0.2, 0.25) is 0 Å². The molecule has 0 rings (SSSR count). The zero-order valence-electron chi connectivity index (χ0n) is 9.28. The number of hydrogen-bond acceptors (Lipinski definition) is 8. The van der Waals surface area contributed by atoms with Crippen molar-refractivity contribution < 1.29 is 34.4 Å². The molecule has 1 unspecified atom stereocenters. The smallest absolute Gasteiger partial charge is 0.329 e. The summed E-state index contributed by atoms with van der Waals surface area (Å²) in [7, 11) is -0.851. The first-order chi connectivity index (χ1) is 7.35. The molecule has 100 valence electrons. The van der Waals surface area contributed by atoms with Gasteiger partial charge in [0.1, 0.15) is 0 Å². The maximum absolute atomic E-state index is 8.34. The SMILES string of the molecule is COC(C)OP(O)O.NC(CO)(CO)CO. The van der Waals surface area contributed by atoms with Crippen molar-refractivity contribution in [2.24, 2.45) is 5.73 Å². The molecule has 0 aliphatic rings. The van der Waals surface area contributed by atoms with Crippen molar-refractivity contribution in [3.63, 3.8) is 0 Å². The monoisotopic (exact) mass is 261 g/mol. The topological polar surface area (TPSA) is 146 Å². The highest BCUT2D eigenvalue weighted by molar-refractivity contribution is 7.39. The van der Waals surface area contributed by atoms with E-state index in [0.717, 1.165) is 0 Å². The van der Waals surface area contributed by atoms with Gasteiger partial charge in [-0.3, -0.25) is 4.52 Å². The van der Waals surface area contributed by atoms with E-state index in [-0.39, 0.29) is 0 Å². The van der Waals surface area contributed by atoms with Crippen LogP contribution < -0.4 is 5.73 Å². The summed E-state index contributed by atoms with van der Waals surface area (Å²) >= 11 is 0. The lowest BCUT2D eigenvalue weighted by Gasteiger charge is -2.20. The van der Waals surface area contributed by atoms with E-state index in [4.69, 9.17) is 30.8 Å². The molecule has 0 heterocycles. The van der Waals surface area contributed by atoms with Gasteiger partial charge in [0, 0.05) is 7.11 Å². The molecule has 8 nitrogen and oxygen atoms in total. The Balaban J connectivity index is 0. The Morgan fingerprint density at radius 2 is 1.56 bits per heavy atom. The van der Waals surface area contributed by atoms with E-state index in [1.165, 1.54) is 7.11 Å². The van der Waals surface area contributed by atoms with E-state index in [2.05, 4.69) is 9.26 Å². The number of methoxy groups -OCH3 is 1. The minimum absolute atomic E-state index is 0.403. The summed E-state index contributed by atoms with van der Waals surface area (Å²) in [4.78, 5) is 16.3. The molecule has 0 aliphatic carbocycles. The van der Waals surface area contributed by atoms with E-state index in [1.807, 2.05) is 0 Å². The largest absolute Gasteiger partial charge is 0.394 e. The van der Waals surface area contributed by atoms with E-state index in [1.54, 1.807) is 6.92 Å². The van der Waals surface area contributed by atoms with Crippen LogP contribution in [0.5, 0.6) is 0 Å². The Labute approximate surface area is 95.2 Å². The summed E-state index contributed by atoms with van der Waals surface area (Å²) in [5.74, 6) is 0. The molecular weight excluding hydrogens is 241 g/mol. The predicted molar refractivity (Wildman–Crippen MR) is 57.1 cm³/mol. The normalized spacial score (nSPS) is 13.3. The average molecular weight is 261 g/mol. The number of ether oxygens (including phenoxy) is 1. The van der Waals surface area contributed by atoms with Gasteiger partial charge in [0.25, 0.3) is 0 Å². The Morgan fingerprint density at radius 1 is 1.19 bits per heavy atom. The van der Waals surface area contributed by atoms with Crippen LogP contribution in [0, 0.1) is 0 Å². The summed E-state index contributed by atoms with van der Waals surface area (Å²) in [6.07, 6.45) is -0.545. The zero-order chi connectivity index (χ0) is 13.2. The first-order valence-corrected chi connectivity index (χ1v) is 5.50. The van der Waals surface area contributed by atoms with Crippen molar-refractivity contribution in [1.29, 1.82) is 0 Å². The number of rotatable bonds is 6. The highest BCUT2D eigenvalue weighted by Gasteiger charge is 2.20. The van der Waals surface area contributed by atoms with Gasteiger partial charge in [-0.1, -0.05) is 0 Å². The molecule has 0 saturated heterocycles. The van der Waals surface area contributed by atoms with Crippen molar-refractivity contribution in [2.75, 3.05) is 26.9 Å². The van der Waals surface area contributed by atoms with Gasteiger partial charge in [-0.15, -0.1) is 0 Å². The Kier molecular flexibility index (Phi) is 11.9. The lowest BCUT2D eigenvalue weighted by atomic mass is 10.1. The third-order valence-electron chi connectivity index (χ3n) is 1.52. The summed E-state index contributed by atoms with van der Waals surface area (Å²) in [6, 6.07) is 0. The van der Waals surface area contributed by atoms with Gasteiger partial charge >= 0.3 is 8.60 Å². The van der Waals surface area contributed by atoms with Crippen molar-refractivity contribution in [3.05, 3.63) is 0 Å². The van der Waals surface area contributed by atoms with Gasteiger partial charge < -0.3 is 35.6 Å². The average Bonchev–Trinajstić information content (AvgIpc) is 2.28. The van der Waals surface area contributed by atoms with Crippen LogP contribution in [0.25, 0.3) is 0 Å². The molecule has 0 radical (unpaired) electrons. The lowest BCUT2D eigenvalue weighted by Crippen LogP contribution is -2.50. The number of aliphatic hydroxyl groups excluding tert-OH is 3. The quantitative estimate of drug-likeness (QED) is 0.235. The second-order valence-corrected chi connectivity index (χ2v) is 3.71. The van der Waals surface area contributed by atoms with Crippen LogP contribution in [-0.4, -0.2) is 63.9 Å². The van der Waals surface area contributed by atoms with Crippen molar-refractivity contribution in [2.45, 2.75) is 18.8 Å². The molecule has 1 atom stereocenters. The van der Waals surface area contributed by atoms with Gasteiger partial charge in [0.05, 0.1) is 25.4 Å².